The third-order valence-electron chi connectivity index (χ3n) is 2.88. The molecule has 0 spiro atoms. The number of aromatic nitrogens is 1. The minimum Gasteiger partial charge on any atom is -0.350 e. The number of hydrogen-bond acceptors (Lipinski definition) is 1. The standard InChI is InChI=1S/C12H15ClN2/c1-8(14-2)11-7-15(3)12-6-9(13)4-5-10(11)12/h4-8,14H,1-3H3. The molecule has 0 aliphatic heterocycles. The third kappa shape index (κ3) is 1.75. The van der Waals surface area contributed by atoms with Crippen molar-refractivity contribution in [1.29, 1.82) is 0 Å². The molecule has 0 aliphatic carbocycles. The molecule has 1 N–H and O–H groups in total. The number of benzene rings is 1. The van der Waals surface area contributed by atoms with Crippen LogP contribution in [-0.2, 0) is 7.05 Å². The van der Waals surface area contributed by atoms with Gasteiger partial charge in [0.15, 0.2) is 0 Å². The van der Waals surface area contributed by atoms with E-state index in [2.05, 4.69) is 29.1 Å². The fraction of sp³-hybridized carbons (Fsp3) is 0.333. The van der Waals surface area contributed by atoms with Crippen LogP contribution in [0.4, 0.5) is 0 Å². The molecule has 1 aromatic carbocycles. The summed E-state index contributed by atoms with van der Waals surface area (Å²) in [5.74, 6) is 0. The molecular formula is C12H15ClN2. The molecule has 15 heavy (non-hydrogen) atoms. The summed E-state index contributed by atoms with van der Waals surface area (Å²) < 4.78 is 2.12. The summed E-state index contributed by atoms with van der Waals surface area (Å²) in [5, 5.41) is 5.31. The summed E-state index contributed by atoms with van der Waals surface area (Å²) >= 11 is 5.98. The van der Waals surface area contributed by atoms with E-state index in [0.717, 1.165) is 5.02 Å². The van der Waals surface area contributed by atoms with Gasteiger partial charge < -0.3 is 9.88 Å². The van der Waals surface area contributed by atoms with E-state index < -0.39 is 0 Å². The molecule has 0 saturated carbocycles. The van der Waals surface area contributed by atoms with Gasteiger partial charge in [0.2, 0.25) is 0 Å². The smallest absolute Gasteiger partial charge is 0.0496 e. The first kappa shape index (κ1) is 10.5. The largest absolute Gasteiger partial charge is 0.350 e. The molecule has 0 aliphatic rings. The van der Waals surface area contributed by atoms with Crippen LogP contribution in [0.1, 0.15) is 18.5 Å². The summed E-state index contributed by atoms with van der Waals surface area (Å²) in [6.45, 7) is 2.16. The molecule has 2 aromatic rings. The van der Waals surface area contributed by atoms with Gasteiger partial charge in [-0.2, -0.15) is 0 Å². The van der Waals surface area contributed by atoms with E-state index in [9.17, 15) is 0 Å². The predicted molar refractivity (Wildman–Crippen MR) is 65.4 cm³/mol. The van der Waals surface area contributed by atoms with Gasteiger partial charge in [0.05, 0.1) is 0 Å². The van der Waals surface area contributed by atoms with Crippen LogP contribution in [0.15, 0.2) is 24.4 Å². The minimum absolute atomic E-state index is 0.356. The minimum atomic E-state index is 0.356. The molecule has 0 amide bonds. The van der Waals surface area contributed by atoms with Crippen molar-refractivity contribution in [2.24, 2.45) is 7.05 Å². The van der Waals surface area contributed by atoms with Crippen molar-refractivity contribution in [1.82, 2.24) is 9.88 Å². The molecule has 0 fully saturated rings. The highest BCUT2D eigenvalue weighted by atomic mass is 35.5. The van der Waals surface area contributed by atoms with Gasteiger partial charge in [-0.3, -0.25) is 0 Å². The van der Waals surface area contributed by atoms with Crippen molar-refractivity contribution in [2.45, 2.75) is 13.0 Å². The van der Waals surface area contributed by atoms with E-state index in [4.69, 9.17) is 11.6 Å². The SMILES string of the molecule is CNC(C)c1cn(C)c2cc(Cl)ccc12. The van der Waals surface area contributed by atoms with Crippen LogP contribution < -0.4 is 5.32 Å². The Labute approximate surface area is 94.8 Å². The van der Waals surface area contributed by atoms with Crippen LogP contribution in [0.2, 0.25) is 5.02 Å². The molecular weight excluding hydrogens is 208 g/mol. The Balaban J connectivity index is 2.68. The molecule has 0 radical (unpaired) electrons. The lowest BCUT2D eigenvalue weighted by atomic mass is 10.1. The summed E-state index contributed by atoms with van der Waals surface area (Å²) in [4.78, 5) is 0. The van der Waals surface area contributed by atoms with Gasteiger partial charge in [0.25, 0.3) is 0 Å². The predicted octanol–water partition coefficient (Wildman–Crippen LogP) is 3.11. The van der Waals surface area contributed by atoms with Gasteiger partial charge >= 0.3 is 0 Å². The lowest BCUT2D eigenvalue weighted by Gasteiger charge is -2.08. The highest BCUT2D eigenvalue weighted by molar-refractivity contribution is 6.31. The first-order valence-electron chi connectivity index (χ1n) is 5.05. The molecule has 80 valence electrons. The highest BCUT2D eigenvalue weighted by Gasteiger charge is 2.11. The summed E-state index contributed by atoms with van der Waals surface area (Å²) in [7, 11) is 4.02. The Morgan fingerprint density at radius 3 is 2.80 bits per heavy atom. The average molecular weight is 223 g/mol. The lowest BCUT2D eigenvalue weighted by Crippen LogP contribution is -2.11. The van der Waals surface area contributed by atoms with Crippen LogP contribution in [0.25, 0.3) is 10.9 Å². The Kier molecular flexibility index (Phi) is 2.72. The van der Waals surface area contributed by atoms with E-state index in [1.807, 2.05) is 26.2 Å². The maximum atomic E-state index is 5.98. The van der Waals surface area contributed by atoms with Crippen molar-refractivity contribution in [3.63, 3.8) is 0 Å². The monoisotopic (exact) mass is 222 g/mol. The summed E-state index contributed by atoms with van der Waals surface area (Å²) in [5.41, 5.74) is 2.49. The van der Waals surface area contributed by atoms with Gasteiger partial charge in [-0.15, -0.1) is 0 Å². The number of nitrogens with zero attached hydrogens (tertiary/aromatic N) is 1. The Morgan fingerprint density at radius 1 is 1.40 bits per heavy atom. The van der Waals surface area contributed by atoms with Gasteiger partial charge in [0.1, 0.15) is 0 Å². The zero-order valence-electron chi connectivity index (χ0n) is 9.21. The van der Waals surface area contributed by atoms with Crippen molar-refractivity contribution in [2.75, 3.05) is 7.05 Å². The number of rotatable bonds is 2. The molecule has 2 rings (SSSR count). The molecule has 1 aromatic heterocycles. The zero-order valence-corrected chi connectivity index (χ0v) is 9.97. The molecule has 0 saturated heterocycles. The van der Waals surface area contributed by atoms with Crippen LogP contribution in [0.5, 0.6) is 0 Å². The maximum absolute atomic E-state index is 5.98. The van der Waals surface area contributed by atoms with Crippen LogP contribution >= 0.6 is 11.6 Å². The summed E-state index contributed by atoms with van der Waals surface area (Å²) in [6.07, 6.45) is 2.15. The quantitative estimate of drug-likeness (QED) is 0.826. The zero-order chi connectivity index (χ0) is 11.0. The van der Waals surface area contributed by atoms with Crippen molar-refractivity contribution < 1.29 is 0 Å². The van der Waals surface area contributed by atoms with Crippen molar-refractivity contribution in [3.05, 3.63) is 35.0 Å². The Bertz CT molecular complexity index is 488. The normalized spacial score (nSPS) is 13.3. The van der Waals surface area contributed by atoms with Gasteiger partial charge in [-0.25, -0.2) is 0 Å². The average Bonchev–Trinajstić information content (AvgIpc) is 2.55. The molecule has 3 heteroatoms. The van der Waals surface area contributed by atoms with Crippen LogP contribution in [-0.4, -0.2) is 11.6 Å². The van der Waals surface area contributed by atoms with E-state index in [-0.39, 0.29) is 0 Å². The molecule has 1 unspecified atom stereocenters. The number of nitrogens with one attached hydrogen (secondary N) is 1. The van der Waals surface area contributed by atoms with E-state index in [0.29, 0.717) is 6.04 Å². The summed E-state index contributed by atoms with van der Waals surface area (Å²) in [6, 6.07) is 6.38. The van der Waals surface area contributed by atoms with Gasteiger partial charge in [-0.05, 0) is 31.7 Å². The van der Waals surface area contributed by atoms with Gasteiger partial charge in [-0.1, -0.05) is 17.7 Å². The molecule has 2 nitrogen and oxygen atoms in total. The number of fused-ring (bicyclic) bond motifs is 1. The first-order chi connectivity index (χ1) is 7.13. The number of halogens is 1. The van der Waals surface area contributed by atoms with Crippen LogP contribution in [0, 0.1) is 0 Å². The van der Waals surface area contributed by atoms with Gasteiger partial charge in [0, 0.05) is 35.2 Å². The van der Waals surface area contributed by atoms with E-state index >= 15 is 0 Å². The van der Waals surface area contributed by atoms with Crippen molar-refractivity contribution in [3.8, 4) is 0 Å². The second kappa shape index (κ2) is 3.87. The van der Waals surface area contributed by atoms with E-state index in [1.165, 1.54) is 16.5 Å². The molecule has 1 heterocycles. The number of hydrogen-bond donors (Lipinski definition) is 1. The highest BCUT2D eigenvalue weighted by Crippen LogP contribution is 2.27. The Morgan fingerprint density at radius 2 is 2.13 bits per heavy atom. The van der Waals surface area contributed by atoms with E-state index in [1.54, 1.807) is 0 Å². The molecule has 1 atom stereocenters. The lowest BCUT2D eigenvalue weighted by molar-refractivity contribution is 0.654. The third-order valence-corrected chi connectivity index (χ3v) is 3.12. The number of aryl methyl sites for hydroxylation is 1. The van der Waals surface area contributed by atoms with Crippen molar-refractivity contribution >= 4 is 22.5 Å². The first-order valence-corrected chi connectivity index (χ1v) is 5.43. The second-order valence-electron chi connectivity index (χ2n) is 3.87. The second-order valence-corrected chi connectivity index (χ2v) is 4.30. The topological polar surface area (TPSA) is 17.0 Å². The fourth-order valence-electron chi connectivity index (χ4n) is 1.89. The molecule has 0 bridgehead atoms. The maximum Gasteiger partial charge on any atom is 0.0496 e. The Hall–Kier alpha value is -0.990. The fourth-order valence-corrected chi connectivity index (χ4v) is 2.06. The van der Waals surface area contributed by atoms with Crippen LogP contribution in [0.3, 0.4) is 0 Å².